The van der Waals surface area contributed by atoms with Crippen LogP contribution in [-0.2, 0) is 6.42 Å². The zero-order valence-electron chi connectivity index (χ0n) is 9.81. The number of hydrogen-bond acceptors (Lipinski definition) is 2. The SMILES string of the molecule is C=CCN(CCO)CCCc1ccccc1. The first kappa shape index (κ1) is 12.9. The largest absolute Gasteiger partial charge is 0.395 e. The average molecular weight is 219 g/mol. The van der Waals surface area contributed by atoms with Gasteiger partial charge in [-0.15, -0.1) is 6.58 Å². The summed E-state index contributed by atoms with van der Waals surface area (Å²) in [5.74, 6) is 0. The van der Waals surface area contributed by atoms with Crippen molar-refractivity contribution in [3.8, 4) is 0 Å². The maximum Gasteiger partial charge on any atom is 0.0558 e. The highest BCUT2D eigenvalue weighted by Gasteiger charge is 2.01. The molecular formula is C14H21NO. The molecule has 88 valence electrons. The zero-order chi connectivity index (χ0) is 11.6. The molecule has 0 aromatic heterocycles. The van der Waals surface area contributed by atoms with E-state index in [1.807, 2.05) is 12.1 Å². The van der Waals surface area contributed by atoms with Crippen LogP contribution in [0.25, 0.3) is 0 Å². The van der Waals surface area contributed by atoms with Gasteiger partial charge in [0.2, 0.25) is 0 Å². The summed E-state index contributed by atoms with van der Waals surface area (Å²) < 4.78 is 0. The maximum atomic E-state index is 8.90. The van der Waals surface area contributed by atoms with Crippen molar-refractivity contribution in [1.29, 1.82) is 0 Å². The van der Waals surface area contributed by atoms with E-state index in [2.05, 4.69) is 35.7 Å². The van der Waals surface area contributed by atoms with E-state index in [0.717, 1.165) is 32.5 Å². The van der Waals surface area contributed by atoms with E-state index in [9.17, 15) is 0 Å². The van der Waals surface area contributed by atoms with Crippen LogP contribution >= 0.6 is 0 Å². The normalized spacial score (nSPS) is 10.6. The van der Waals surface area contributed by atoms with E-state index in [1.165, 1.54) is 5.56 Å². The lowest BCUT2D eigenvalue weighted by Gasteiger charge is -2.19. The molecule has 1 N–H and O–H groups in total. The minimum Gasteiger partial charge on any atom is -0.395 e. The fourth-order valence-electron chi connectivity index (χ4n) is 1.77. The molecule has 0 saturated heterocycles. The molecule has 0 bridgehead atoms. The van der Waals surface area contributed by atoms with Crippen molar-refractivity contribution < 1.29 is 5.11 Å². The second kappa shape index (κ2) is 8.08. The minimum absolute atomic E-state index is 0.221. The predicted molar refractivity (Wildman–Crippen MR) is 68.5 cm³/mol. The molecule has 0 spiro atoms. The Kier molecular flexibility index (Phi) is 6.54. The van der Waals surface area contributed by atoms with Crippen LogP contribution in [0.4, 0.5) is 0 Å². The molecule has 0 aliphatic carbocycles. The Bertz CT molecular complexity index is 284. The van der Waals surface area contributed by atoms with Crippen LogP contribution in [0.3, 0.4) is 0 Å². The second-order valence-corrected chi connectivity index (χ2v) is 3.90. The van der Waals surface area contributed by atoms with E-state index in [-0.39, 0.29) is 6.61 Å². The smallest absolute Gasteiger partial charge is 0.0558 e. The van der Waals surface area contributed by atoms with Crippen LogP contribution < -0.4 is 0 Å². The quantitative estimate of drug-likeness (QED) is 0.677. The van der Waals surface area contributed by atoms with Crippen molar-refractivity contribution in [1.82, 2.24) is 4.90 Å². The van der Waals surface area contributed by atoms with Crippen molar-refractivity contribution in [2.75, 3.05) is 26.2 Å². The van der Waals surface area contributed by atoms with Gasteiger partial charge in [-0.1, -0.05) is 36.4 Å². The summed E-state index contributed by atoms with van der Waals surface area (Å²) in [5, 5.41) is 8.90. The third kappa shape index (κ3) is 5.10. The molecule has 0 heterocycles. The molecule has 1 aromatic carbocycles. The predicted octanol–water partition coefficient (Wildman–Crippen LogP) is 2.10. The number of rotatable bonds is 8. The molecule has 0 amide bonds. The molecule has 0 aliphatic heterocycles. The Hall–Kier alpha value is -1.12. The van der Waals surface area contributed by atoms with Crippen molar-refractivity contribution in [2.24, 2.45) is 0 Å². The van der Waals surface area contributed by atoms with Gasteiger partial charge in [0.15, 0.2) is 0 Å². The van der Waals surface area contributed by atoms with Gasteiger partial charge in [0, 0.05) is 13.1 Å². The van der Waals surface area contributed by atoms with Crippen LogP contribution in [0.15, 0.2) is 43.0 Å². The first-order valence-electron chi connectivity index (χ1n) is 5.85. The maximum absolute atomic E-state index is 8.90. The van der Waals surface area contributed by atoms with Gasteiger partial charge in [-0.05, 0) is 24.9 Å². The van der Waals surface area contributed by atoms with Gasteiger partial charge < -0.3 is 5.11 Å². The molecule has 0 atom stereocenters. The minimum atomic E-state index is 0.221. The number of hydrogen-bond donors (Lipinski definition) is 1. The molecule has 16 heavy (non-hydrogen) atoms. The number of aryl methyl sites for hydroxylation is 1. The first-order valence-corrected chi connectivity index (χ1v) is 5.85. The van der Waals surface area contributed by atoms with Gasteiger partial charge in [0.05, 0.1) is 6.61 Å². The fraction of sp³-hybridized carbons (Fsp3) is 0.429. The fourth-order valence-corrected chi connectivity index (χ4v) is 1.77. The third-order valence-electron chi connectivity index (χ3n) is 2.59. The van der Waals surface area contributed by atoms with Gasteiger partial charge in [-0.3, -0.25) is 4.90 Å². The van der Waals surface area contributed by atoms with Crippen LogP contribution in [-0.4, -0.2) is 36.2 Å². The van der Waals surface area contributed by atoms with Crippen LogP contribution in [0.1, 0.15) is 12.0 Å². The molecule has 2 heteroatoms. The van der Waals surface area contributed by atoms with Gasteiger partial charge in [0.1, 0.15) is 0 Å². The van der Waals surface area contributed by atoms with Crippen molar-refractivity contribution in [3.63, 3.8) is 0 Å². The van der Waals surface area contributed by atoms with Gasteiger partial charge in [-0.25, -0.2) is 0 Å². The number of aliphatic hydroxyl groups excluding tert-OH is 1. The Balaban J connectivity index is 2.24. The zero-order valence-corrected chi connectivity index (χ0v) is 9.81. The Morgan fingerprint density at radius 2 is 1.94 bits per heavy atom. The monoisotopic (exact) mass is 219 g/mol. The molecule has 1 rings (SSSR count). The van der Waals surface area contributed by atoms with Crippen LogP contribution in [0, 0.1) is 0 Å². The van der Waals surface area contributed by atoms with E-state index in [4.69, 9.17) is 5.11 Å². The third-order valence-corrected chi connectivity index (χ3v) is 2.59. The Morgan fingerprint density at radius 3 is 2.56 bits per heavy atom. The van der Waals surface area contributed by atoms with Crippen molar-refractivity contribution in [2.45, 2.75) is 12.8 Å². The standard InChI is InChI=1S/C14H21NO/c1-2-10-15(12-13-16)11-6-9-14-7-4-3-5-8-14/h2-5,7-8,16H,1,6,9-13H2. The second-order valence-electron chi connectivity index (χ2n) is 3.90. The summed E-state index contributed by atoms with van der Waals surface area (Å²) in [7, 11) is 0. The summed E-state index contributed by atoms with van der Waals surface area (Å²) in [6, 6.07) is 10.5. The molecule has 1 aromatic rings. The van der Waals surface area contributed by atoms with Gasteiger partial charge in [-0.2, -0.15) is 0 Å². The van der Waals surface area contributed by atoms with Crippen molar-refractivity contribution >= 4 is 0 Å². The van der Waals surface area contributed by atoms with Crippen molar-refractivity contribution in [3.05, 3.63) is 48.6 Å². The average Bonchev–Trinajstić information content (AvgIpc) is 2.31. The molecule has 0 radical (unpaired) electrons. The van der Waals surface area contributed by atoms with Crippen LogP contribution in [0.5, 0.6) is 0 Å². The highest BCUT2D eigenvalue weighted by Crippen LogP contribution is 2.03. The lowest BCUT2D eigenvalue weighted by Crippen LogP contribution is -2.28. The summed E-state index contributed by atoms with van der Waals surface area (Å²) in [4.78, 5) is 2.22. The van der Waals surface area contributed by atoms with E-state index < -0.39 is 0 Å². The molecule has 0 unspecified atom stereocenters. The molecule has 0 aliphatic rings. The molecule has 2 nitrogen and oxygen atoms in total. The van der Waals surface area contributed by atoms with Gasteiger partial charge >= 0.3 is 0 Å². The van der Waals surface area contributed by atoms with E-state index >= 15 is 0 Å². The Morgan fingerprint density at radius 1 is 1.19 bits per heavy atom. The lowest BCUT2D eigenvalue weighted by molar-refractivity contribution is 0.207. The van der Waals surface area contributed by atoms with Gasteiger partial charge in [0.25, 0.3) is 0 Å². The highest BCUT2D eigenvalue weighted by atomic mass is 16.3. The summed E-state index contributed by atoms with van der Waals surface area (Å²) in [5.41, 5.74) is 1.38. The van der Waals surface area contributed by atoms with E-state index in [1.54, 1.807) is 0 Å². The number of nitrogens with zero attached hydrogens (tertiary/aromatic N) is 1. The first-order chi connectivity index (χ1) is 7.86. The number of benzene rings is 1. The summed E-state index contributed by atoms with van der Waals surface area (Å²) >= 11 is 0. The van der Waals surface area contributed by atoms with Crippen LogP contribution in [0.2, 0.25) is 0 Å². The Labute approximate surface area is 98.2 Å². The molecule has 0 fully saturated rings. The summed E-state index contributed by atoms with van der Waals surface area (Å²) in [6.07, 6.45) is 4.11. The lowest BCUT2D eigenvalue weighted by atomic mass is 10.1. The molecule has 0 saturated carbocycles. The highest BCUT2D eigenvalue weighted by molar-refractivity contribution is 5.14. The summed E-state index contributed by atoms with van der Waals surface area (Å²) in [6.45, 7) is 6.56. The van der Waals surface area contributed by atoms with E-state index in [0.29, 0.717) is 0 Å². The number of aliphatic hydroxyl groups is 1. The molecular weight excluding hydrogens is 198 g/mol. The topological polar surface area (TPSA) is 23.5 Å².